The highest BCUT2D eigenvalue weighted by molar-refractivity contribution is 6.30. The predicted octanol–water partition coefficient (Wildman–Crippen LogP) is 4.11. The lowest BCUT2D eigenvalue weighted by Gasteiger charge is -2.37. The topological polar surface area (TPSA) is 6.48 Å². The second-order valence-electron chi connectivity index (χ2n) is 5.79. The van der Waals surface area contributed by atoms with Crippen molar-refractivity contribution in [3.63, 3.8) is 0 Å². The van der Waals surface area contributed by atoms with E-state index in [0.29, 0.717) is 6.54 Å². The van der Waals surface area contributed by atoms with Crippen LogP contribution in [0.5, 0.6) is 0 Å². The number of nitrogens with zero attached hydrogens (tertiary/aromatic N) is 2. The Balaban J connectivity index is 1.63. The number of rotatable bonds is 3. The molecule has 0 aliphatic carbocycles. The van der Waals surface area contributed by atoms with Crippen molar-refractivity contribution in [3.05, 3.63) is 64.4 Å². The highest BCUT2D eigenvalue weighted by Gasteiger charge is 2.19. The Morgan fingerprint density at radius 3 is 2.50 bits per heavy atom. The minimum atomic E-state index is -0.115. The van der Waals surface area contributed by atoms with E-state index in [9.17, 15) is 4.39 Å². The Bertz CT molecular complexity index is 651. The molecule has 3 rings (SSSR count). The Kier molecular flexibility index (Phi) is 4.65. The van der Waals surface area contributed by atoms with Crippen molar-refractivity contribution in [1.82, 2.24) is 4.90 Å². The number of piperazine rings is 1. The van der Waals surface area contributed by atoms with Crippen LogP contribution in [0.25, 0.3) is 0 Å². The summed E-state index contributed by atoms with van der Waals surface area (Å²) in [6, 6.07) is 13.0. The molecule has 0 radical (unpaired) electrons. The zero-order valence-electron chi connectivity index (χ0n) is 12.7. The van der Waals surface area contributed by atoms with Gasteiger partial charge in [-0.15, -0.1) is 0 Å². The van der Waals surface area contributed by atoms with Crippen LogP contribution in [-0.4, -0.2) is 31.1 Å². The Morgan fingerprint density at radius 2 is 1.77 bits per heavy atom. The average molecular weight is 319 g/mol. The largest absolute Gasteiger partial charge is 0.369 e. The SMILES string of the molecule is Cc1ccc(Cl)cc1N1CCN(Cc2ccccc2F)CC1. The van der Waals surface area contributed by atoms with E-state index in [0.717, 1.165) is 36.8 Å². The van der Waals surface area contributed by atoms with E-state index in [1.165, 1.54) is 17.3 Å². The van der Waals surface area contributed by atoms with Gasteiger partial charge < -0.3 is 4.90 Å². The number of hydrogen-bond donors (Lipinski definition) is 0. The Morgan fingerprint density at radius 1 is 1.05 bits per heavy atom. The summed E-state index contributed by atoms with van der Waals surface area (Å²) in [5, 5.41) is 0.773. The summed E-state index contributed by atoms with van der Waals surface area (Å²) in [5.41, 5.74) is 3.22. The molecule has 1 aliphatic heterocycles. The van der Waals surface area contributed by atoms with Crippen molar-refractivity contribution in [1.29, 1.82) is 0 Å². The van der Waals surface area contributed by atoms with Crippen LogP contribution >= 0.6 is 11.6 Å². The molecule has 2 aromatic carbocycles. The molecule has 0 amide bonds. The smallest absolute Gasteiger partial charge is 0.127 e. The molecule has 0 spiro atoms. The fraction of sp³-hybridized carbons (Fsp3) is 0.333. The van der Waals surface area contributed by atoms with Crippen molar-refractivity contribution in [2.75, 3.05) is 31.1 Å². The summed E-state index contributed by atoms with van der Waals surface area (Å²) in [6.45, 7) is 6.53. The lowest BCUT2D eigenvalue weighted by Crippen LogP contribution is -2.46. The predicted molar refractivity (Wildman–Crippen MR) is 90.1 cm³/mol. The van der Waals surface area contributed by atoms with Gasteiger partial charge in [0.2, 0.25) is 0 Å². The van der Waals surface area contributed by atoms with E-state index in [2.05, 4.69) is 22.8 Å². The normalized spacial score (nSPS) is 16.0. The zero-order chi connectivity index (χ0) is 15.5. The number of anilines is 1. The first-order chi connectivity index (χ1) is 10.6. The molecule has 22 heavy (non-hydrogen) atoms. The van der Waals surface area contributed by atoms with Crippen molar-refractivity contribution in [3.8, 4) is 0 Å². The summed E-state index contributed by atoms with van der Waals surface area (Å²) < 4.78 is 13.7. The quantitative estimate of drug-likeness (QED) is 0.840. The molecule has 4 heteroatoms. The van der Waals surface area contributed by atoms with E-state index in [-0.39, 0.29) is 5.82 Å². The van der Waals surface area contributed by atoms with Gasteiger partial charge in [0, 0.05) is 49.0 Å². The average Bonchev–Trinajstić information content (AvgIpc) is 2.53. The summed E-state index contributed by atoms with van der Waals surface area (Å²) in [4.78, 5) is 4.66. The molecular formula is C18H20ClFN2. The molecule has 116 valence electrons. The molecule has 0 N–H and O–H groups in total. The van der Waals surface area contributed by atoms with Gasteiger partial charge in [-0.3, -0.25) is 4.90 Å². The molecule has 1 heterocycles. The van der Waals surface area contributed by atoms with E-state index in [4.69, 9.17) is 11.6 Å². The molecule has 0 bridgehead atoms. The molecule has 2 nitrogen and oxygen atoms in total. The van der Waals surface area contributed by atoms with Gasteiger partial charge >= 0.3 is 0 Å². The van der Waals surface area contributed by atoms with Gasteiger partial charge in [-0.1, -0.05) is 35.9 Å². The summed E-state index contributed by atoms with van der Waals surface area (Å²) in [6.07, 6.45) is 0. The van der Waals surface area contributed by atoms with E-state index >= 15 is 0 Å². The van der Waals surface area contributed by atoms with Crippen LogP contribution in [0.4, 0.5) is 10.1 Å². The first-order valence-electron chi connectivity index (χ1n) is 7.60. The molecule has 0 atom stereocenters. The fourth-order valence-electron chi connectivity index (χ4n) is 2.94. The van der Waals surface area contributed by atoms with Gasteiger partial charge in [-0.05, 0) is 30.7 Å². The molecule has 1 saturated heterocycles. The van der Waals surface area contributed by atoms with Gasteiger partial charge in [-0.25, -0.2) is 4.39 Å². The zero-order valence-corrected chi connectivity index (χ0v) is 13.5. The first-order valence-corrected chi connectivity index (χ1v) is 7.98. The fourth-order valence-corrected chi connectivity index (χ4v) is 3.10. The molecule has 0 unspecified atom stereocenters. The van der Waals surface area contributed by atoms with Crippen LogP contribution in [0.3, 0.4) is 0 Å². The first kappa shape index (κ1) is 15.3. The molecular weight excluding hydrogens is 299 g/mol. The highest BCUT2D eigenvalue weighted by atomic mass is 35.5. The third-order valence-corrected chi connectivity index (χ3v) is 4.47. The van der Waals surface area contributed by atoms with Gasteiger partial charge in [0.05, 0.1) is 0 Å². The number of benzene rings is 2. The van der Waals surface area contributed by atoms with Crippen molar-refractivity contribution in [2.45, 2.75) is 13.5 Å². The summed E-state index contributed by atoms with van der Waals surface area (Å²) in [7, 11) is 0. The minimum absolute atomic E-state index is 0.115. The lowest BCUT2D eigenvalue weighted by atomic mass is 10.1. The second-order valence-corrected chi connectivity index (χ2v) is 6.22. The third-order valence-electron chi connectivity index (χ3n) is 4.24. The lowest BCUT2D eigenvalue weighted by molar-refractivity contribution is 0.246. The van der Waals surface area contributed by atoms with Crippen LogP contribution in [-0.2, 0) is 6.54 Å². The monoisotopic (exact) mass is 318 g/mol. The maximum Gasteiger partial charge on any atom is 0.127 e. The van der Waals surface area contributed by atoms with Crippen molar-refractivity contribution < 1.29 is 4.39 Å². The van der Waals surface area contributed by atoms with Crippen molar-refractivity contribution >= 4 is 17.3 Å². The van der Waals surface area contributed by atoms with Crippen LogP contribution in [0, 0.1) is 12.7 Å². The van der Waals surface area contributed by atoms with Gasteiger partial charge in [0.15, 0.2) is 0 Å². The number of hydrogen-bond acceptors (Lipinski definition) is 2. The second kappa shape index (κ2) is 6.67. The molecule has 0 saturated carbocycles. The number of halogens is 2. The standard InChI is InChI=1S/C18H20ClFN2/c1-14-6-7-16(19)12-18(14)22-10-8-21(9-11-22)13-15-4-2-3-5-17(15)20/h2-7,12H,8-11,13H2,1H3. The molecule has 2 aromatic rings. The van der Waals surface area contributed by atoms with Crippen LogP contribution in [0.1, 0.15) is 11.1 Å². The highest BCUT2D eigenvalue weighted by Crippen LogP contribution is 2.25. The van der Waals surface area contributed by atoms with Crippen LogP contribution in [0.15, 0.2) is 42.5 Å². The summed E-state index contributed by atoms with van der Waals surface area (Å²) in [5.74, 6) is -0.115. The van der Waals surface area contributed by atoms with Crippen LogP contribution in [0.2, 0.25) is 5.02 Å². The Hall–Kier alpha value is -1.58. The maximum absolute atomic E-state index is 13.7. The maximum atomic E-state index is 13.7. The molecule has 1 aliphatic rings. The number of aryl methyl sites for hydroxylation is 1. The van der Waals surface area contributed by atoms with Gasteiger partial charge in [0.25, 0.3) is 0 Å². The molecule has 1 fully saturated rings. The van der Waals surface area contributed by atoms with E-state index in [1.807, 2.05) is 24.3 Å². The van der Waals surface area contributed by atoms with Gasteiger partial charge in [0.1, 0.15) is 5.82 Å². The third kappa shape index (κ3) is 3.42. The van der Waals surface area contributed by atoms with Crippen LogP contribution < -0.4 is 4.90 Å². The molecule has 0 aromatic heterocycles. The summed E-state index contributed by atoms with van der Waals surface area (Å²) >= 11 is 6.11. The van der Waals surface area contributed by atoms with Crippen molar-refractivity contribution in [2.24, 2.45) is 0 Å². The van der Waals surface area contributed by atoms with Gasteiger partial charge in [-0.2, -0.15) is 0 Å². The minimum Gasteiger partial charge on any atom is -0.369 e. The van der Waals surface area contributed by atoms with E-state index < -0.39 is 0 Å². The van der Waals surface area contributed by atoms with E-state index in [1.54, 1.807) is 6.07 Å². The Labute approximate surface area is 136 Å².